The number of nitrogens with zero attached hydrogens (tertiary/aromatic N) is 1. The van der Waals surface area contributed by atoms with Gasteiger partial charge in [0.2, 0.25) is 0 Å². The smallest absolute Gasteiger partial charge is 0.169 e. The Hall–Kier alpha value is -1.81. The van der Waals surface area contributed by atoms with Crippen LogP contribution in [0.4, 0.5) is 5.82 Å². The van der Waals surface area contributed by atoms with Gasteiger partial charge in [0.15, 0.2) is 11.6 Å². The van der Waals surface area contributed by atoms with E-state index in [1.165, 1.54) is 0 Å². The van der Waals surface area contributed by atoms with Gasteiger partial charge in [-0.25, -0.2) is 0 Å². The first-order chi connectivity index (χ1) is 7.66. The zero-order valence-electron chi connectivity index (χ0n) is 9.05. The summed E-state index contributed by atoms with van der Waals surface area (Å²) in [5.41, 5.74) is 7.46. The molecule has 0 aliphatic carbocycles. The summed E-state index contributed by atoms with van der Waals surface area (Å²) in [6.07, 6.45) is 0.193. The van der Waals surface area contributed by atoms with Gasteiger partial charge in [-0.3, -0.25) is 0 Å². The molecule has 1 aromatic carbocycles. The molecule has 2 rings (SSSR count). The summed E-state index contributed by atoms with van der Waals surface area (Å²) in [6.45, 7) is 1.76. The highest BCUT2D eigenvalue weighted by Crippen LogP contribution is 2.25. The molecular formula is C12H14N2O2. The average Bonchev–Trinajstić information content (AvgIpc) is 2.65. The standard InChI is InChI=1S/C12H14N2O2/c1-8(15)6-9-4-2-3-5-10(9)11-7-12(13)14-16-11/h2-5,7-8,15H,6H2,1H3,(H2,13,14). The first-order valence-electron chi connectivity index (χ1n) is 5.15. The van der Waals surface area contributed by atoms with E-state index in [2.05, 4.69) is 5.16 Å². The zero-order chi connectivity index (χ0) is 11.5. The van der Waals surface area contributed by atoms with E-state index in [-0.39, 0.29) is 6.10 Å². The summed E-state index contributed by atoms with van der Waals surface area (Å²) in [6, 6.07) is 9.42. The fourth-order valence-electron chi connectivity index (χ4n) is 1.67. The molecule has 3 N–H and O–H groups in total. The number of hydrogen-bond donors (Lipinski definition) is 2. The molecule has 4 nitrogen and oxygen atoms in total. The molecule has 0 bridgehead atoms. The zero-order valence-corrected chi connectivity index (χ0v) is 9.05. The summed E-state index contributed by atoms with van der Waals surface area (Å²) in [5.74, 6) is 0.996. The number of aliphatic hydroxyl groups excluding tert-OH is 1. The Labute approximate surface area is 93.7 Å². The van der Waals surface area contributed by atoms with Gasteiger partial charge in [-0.1, -0.05) is 29.4 Å². The number of aliphatic hydroxyl groups is 1. The van der Waals surface area contributed by atoms with Gasteiger partial charge in [0.25, 0.3) is 0 Å². The van der Waals surface area contributed by atoms with E-state index in [1.807, 2.05) is 24.3 Å². The molecule has 0 spiro atoms. The quantitative estimate of drug-likeness (QED) is 0.824. The molecule has 0 amide bonds. The van der Waals surface area contributed by atoms with E-state index in [0.29, 0.717) is 18.0 Å². The van der Waals surface area contributed by atoms with Crippen LogP contribution in [-0.2, 0) is 6.42 Å². The lowest BCUT2D eigenvalue weighted by atomic mass is 10.0. The van der Waals surface area contributed by atoms with Crippen molar-refractivity contribution in [3.05, 3.63) is 35.9 Å². The van der Waals surface area contributed by atoms with E-state index >= 15 is 0 Å². The number of benzene rings is 1. The highest BCUT2D eigenvalue weighted by atomic mass is 16.5. The van der Waals surface area contributed by atoms with E-state index in [0.717, 1.165) is 11.1 Å². The molecule has 0 radical (unpaired) electrons. The molecule has 4 heteroatoms. The van der Waals surface area contributed by atoms with Crippen molar-refractivity contribution in [1.82, 2.24) is 5.16 Å². The van der Waals surface area contributed by atoms with Crippen LogP contribution in [0.2, 0.25) is 0 Å². The lowest BCUT2D eigenvalue weighted by Gasteiger charge is -2.08. The van der Waals surface area contributed by atoms with Crippen LogP contribution < -0.4 is 5.73 Å². The Morgan fingerprint density at radius 1 is 1.44 bits per heavy atom. The third-order valence-electron chi connectivity index (χ3n) is 2.33. The monoisotopic (exact) mass is 218 g/mol. The van der Waals surface area contributed by atoms with Crippen molar-refractivity contribution in [2.24, 2.45) is 0 Å². The van der Waals surface area contributed by atoms with E-state index in [4.69, 9.17) is 10.3 Å². The molecule has 0 saturated heterocycles. The van der Waals surface area contributed by atoms with Gasteiger partial charge in [-0.15, -0.1) is 0 Å². The number of rotatable bonds is 3. The topological polar surface area (TPSA) is 72.3 Å². The van der Waals surface area contributed by atoms with Crippen molar-refractivity contribution in [1.29, 1.82) is 0 Å². The van der Waals surface area contributed by atoms with Crippen molar-refractivity contribution in [3.63, 3.8) is 0 Å². The summed E-state index contributed by atoms with van der Waals surface area (Å²) in [5, 5.41) is 13.1. The SMILES string of the molecule is CC(O)Cc1ccccc1-c1cc(N)no1. The van der Waals surface area contributed by atoms with Crippen LogP contribution in [0.3, 0.4) is 0 Å². The van der Waals surface area contributed by atoms with Gasteiger partial charge >= 0.3 is 0 Å². The summed E-state index contributed by atoms with van der Waals surface area (Å²) < 4.78 is 5.12. The fraction of sp³-hybridized carbons (Fsp3) is 0.250. The molecular weight excluding hydrogens is 204 g/mol. The molecule has 1 atom stereocenters. The Balaban J connectivity index is 2.40. The van der Waals surface area contributed by atoms with Crippen LogP contribution in [0.15, 0.2) is 34.9 Å². The lowest BCUT2D eigenvalue weighted by molar-refractivity contribution is 0.195. The van der Waals surface area contributed by atoms with E-state index in [1.54, 1.807) is 13.0 Å². The Morgan fingerprint density at radius 2 is 2.19 bits per heavy atom. The van der Waals surface area contributed by atoms with E-state index in [9.17, 15) is 5.11 Å². The van der Waals surface area contributed by atoms with Gasteiger partial charge in [-0.05, 0) is 18.9 Å². The molecule has 0 fully saturated rings. The second kappa shape index (κ2) is 4.37. The number of nitrogens with two attached hydrogens (primary N) is 1. The molecule has 84 valence electrons. The highest BCUT2D eigenvalue weighted by molar-refractivity contribution is 5.64. The average molecular weight is 218 g/mol. The summed E-state index contributed by atoms with van der Waals surface area (Å²) >= 11 is 0. The normalized spacial score (nSPS) is 12.6. The molecule has 0 aliphatic rings. The van der Waals surface area contributed by atoms with Crippen molar-refractivity contribution in [3.8, 4) is 11.3 Å². The molecule has 0 saturated carbocycles. The Kier molecular flexibility index (Phi) is 2.92. The third kappa shape index (κ3) is 2.23. The summed E-state index contributed by atoms with van der Waals surface area (Å²) in [7, 11) is 0. The van der Waals surface area contributed by atoms with Gasteiger partial charge < -0.3 is 15.4 Å². The van der Waals surface area contributed by atoms with Crippen LogP contribution in [-0.4, -0.2) is 16.4 Å². The Morgan fingerprint density at radius 3 is 2.81 bits per heavy atom. The molecule has 1 heterocycles. The number of anilines is 1. The van der Waals surface area contributed by atoms with Crippen molar-refractivity contribution in [2.75, 3.05) is 5.73 Å². The van der Waals surface area contributed by atoms with Crippen molar-refractivity contribution >= 4 is 5.82 Å². The molecule has 16 heavy (non-hydrogen) atoms. The largest absolute Gasteiger partial charge is 0.393 e. The minimum absolute atomic E-state index is 0.363. The molecule has 1 unspecified atom stereocenters. The van der Waals surface area contributed by atoms with Crippen molar-refractivity contribution < 1.29 is 9.63 Å². The Bertz CT molecular complexity index is 477. The second-order valence-electron chi connectivity index (χ2n) is 3.83. The second-order valence-corrected chi connectivity index (χ2v) is 3.83. The van der Waals surface area contributed by atoms with Crippen LogP contribution in [0.25, 0.3) is 11.3 Å². The predicted molar refractivity (Wildman–Crippen MR) is 61.7 cm³/mol. The maximum atomic E-state index is 9.41. The minimum Gasteiger partial charge on any atom is -0.393 e. The van der Waals surface area contributed by atoms with E-state index < -0.39 is 0 Å². The number of aromatic nitrogens is 1. The maximum absolute atomic E-state index is 9.41. The van der Waals surface area contributed by atoms with Gasteiger partial charge in [-0.2, -0.15) is 0 Å². The summed E-state index contributed by atoms with van der Waals surface area (Å²) in [4.78, 5) is 0. The first kappa shape index (κ1) is 10.7. The van der Waals surface area contributed by atoms with Crippen LogP contribution in [0, 0.1) is 0 Å². The fourth-order valence-corrected chi connectivity index (χ4v) is 1.67. The molecule has 1 aromatic heterocycles. The number of nitrogen functional groups attached to an aromatic ring is 1. The van der Waals surface area contributed by atoms with Gasteiger partial charge in [0.1, 0.15) is 0 Å². The highest BCUT2D eigenvalue weighted by Gasteiger charge is 2.10. The first-order valence-corrected chi connectivity index (χ1v) is 5.15. The van der Waals surface area contributed by atoms with Gasteiger partial charge in [0, 0.05) is 11.6 Å². The van der Waals surface area contributed by atoms with Crippen LogP contribution in [0.5, 0.6) is 0 Å². The third-order valence-corrected chi connectivity index (χ3v) is 2.33. The number of hydrogen-bond acceptors (Lipinski definition) is 4. The lowest BCUT2D eigenvalue weighted by Crippen LogP contribution is -2.05. The van der Waals surface area contributed by atoms with Crippen LogP contribution in [0.1, 0.15) is 12.5 Å². The minimum atomic E-state index is -0.388. The maximum Gasteiger partial charge on any atom is 0.169 e. The van der Waals surface area contributed by atoms with Gasteiger partial charge in [0.05, 0.1) is 6.10 Å². The molecule has 0 aliphatic heterocycles. The predicted octanol–water partition coefficient (Wildman–Crippen LogP) is 1.85. The van der Waals surface area contributed by atoms with Crippen LogP contribution >= 0.6 is 0 Å². The molecule has 2 aromatic rings. The van der Waals surface area contributed by atoms with Crippen molar-refractivity contribution in [2.45, 2.75) is 19.4 Å².